The molecule has 0 saturated carbocycles. The molecule has 1 aromatic heterocycles. The van der Waals surface area contributed by atoms with E-state index in [0.29, 0.717) is 10.8 Å². The van der Waals surface area contributed by atoms with Crippen LogP contribution >= 0.6 is 15.9 Å². The predicted molar refractivity (Wildman–Crippen MR) is 62.7 cm³/mol. The van der Waals surface area contributed by atoms with Crippen molar-refractivity contribution in [3.05, 3.63) is 35.5 Å². The number of hydrogen-bond donors (Lipinski definition) is 1. The Morgan fingerprint density at radius 3 is 2.81 bits per heavy atom. The average molecular weight is 279 g/mol. The fourth-order valence-corrected chi connectivity index (χ4v) is 1.99. The van der Waals surface area contributed by atoms with E-state index in [0.717, 1.165) is 15.5 Å². The third kappa shape index (κ3) is 1.57. The van der Waals surface area contributed by atoms with E-state index < -0.39 is 6.09 Å². The summed E-state index contributed by atoms with van der Waals surface area (Å²) in [7, 11) is 0. The van der Waals surface area contributed by atoms with Gasteiger partial charge in [-0.1, -0.05) is 22.0 Å². The van der Waals surface area contributed by atoms with Crippen molar-refractivity contribution in [3.63, 3.8) is 0 Å². The lowest BCUT2D eigenvalue weighted by Gasteiger charge is -2.00. The van der Waals surface area contributed by atoms with Gasteiger partial charge in [-0.25, -0.2) is 9.36 Å². The van der Waals surface area contributed by atoms with Crippen molar-refractivity contribution in [2.45, 2.75) is 5.33 Å². The minimum Gasteiger partial charge on any atom is -0.464 e. The van der Waals surface area contributed by atoms with E-state index in [1.807, 2.05) is 18.2 Å². The first kappa shape index (κ1) is 10.7. The molecule has 0 amide bonds. The second-order valence-electron chi connectivity index (χ2n) is 3.29. The summed E-state index contributed by atoms with van der Waals surface area (Å²) in [6.45, 7) is 0. The number of aromatic nitrogens is 1. The Bertz CT molecular complexity index is 610. The Labute approximate surface area is 99.8 Å². The zero-order valence-corrected chi connectivity index (χ0v) is 9.73. The molecule has 0 aliphatic rings. The van der Waals surface area contributed by atoms with E-state index in [9.17, 15) is 4.79 Å². The molecule has 2 aromatic rings. The van der Waals surface area contributed by atoms with E-state index in [1.54, 1.807) is 12.1 Å². The number of rotatable bonds is 1. The summed E-state index contributed by atoms with van der Waals surface area (Å²) in [6.07, 6.45) is -1.14. The molecular formula is C11H7BrN2O2. The van der Waals surface area contributed by atoms with Crippen LogP contribution in [0.3, 0.4) is 0 Å². The number of carboxylic acid groups (broad SMARTS) is 1. The molecule has 0 atom stereocenters. The molecule has 16 heavy (non-hydrogen) atoms. The summed E-state index contributed by atoms with van der Waals surface area (Å²) >= 11 is 3.33. The Hall–Kier alpha value is -1.80. The van der Waals surface area contributed by atoms with E-state index in [1.165, 1.54) is 0 Å². The highest BCUT2D eigenvalue weighted by Gasteiger charge is 2.13. The normalized spacial score (nSPS) is 10.2. The van der Waals surface area contributed by atoms with Crippen LogP contribution in [0.25, 0.3) is 10.9 Å². The topological polar surface area (TPSA) is 66.0 Å². The average Bonchev–Trinajstić information content (AvgIpc) is 2.65. The van der Waals surface area contributed by atoms with Gasteiger partial charge in [0.05, 0.1) is 5.52 Å². The molecular weight excluding hydrogens is 272 g/mol. The molecule has 1 aromatic carbocycles. The number of halogens is 1. The van der Waals surface area contributed by atoms with Crippen molar-refractivity contribution in [3.8, 4) is 6.07 Å². The zero-order chi connectivity index (χ0) is 11.7. The summed E-state index contributed by atoms with van der Waals surface area (Å²) in [4.78, 5) is 11.0. The fraction of sp³-hybridized carbons (Fsp3) is 0.0909. The lowest BCUT2D eigenvalue weighted by atomic mass is 10.2. The van der Waals surface area contributed by atoms with Gasteiger partial charge in [0.15, 0.2) is 0 Å². The number of benzene rings is 1. The Morgan fingerprint density at radius 1 is 1.50 bits per heavy atom. The van der Waals surface area contributed by atoms with Crippen molar-refractivity contribution in [1.29, 1.82) is 5.26 Å². The summed E-state index contributed by atoms with van der Waals surface area (Å²) in [6, 6.07) is 8.86. The molecule has 4 nitrogen and oxygen atoms in total. The van der Waals surface area contributed by atoms with E-state index in [2.05, 4.69) is 15.9 Å². The fourth-order valence-electron chi connectivity index (χ4n) is 1.64. The lowest BCUT2D eigenvalue weighted by Crippen LogP contribution is -2.09. The van der Waals surface area contributed by atoms with Crippen LogP contribution in [0.15, 0.2) is 24.3 Å². The highest BCUT2D eigenvalue weighted by molar-refractivity contribution is 9.08. The lowest BCUT2D eigenvalue weighted by molar-refractivity contribution is 0.197. The van der Waals surface area contributed by atoms with Crippen molar-refractivity contribution in [2.24, 2.45) is 0 Å². The molecule has 0 unspecified atom stereocenters. The molecule has 5 heteroatoms. The molecule has 1 heterocycles. The predicted octanol–water partition coefficient (Wildman–Crippen LogP) is 2.93. The van der Waals surface area contributed by atoms with Gasteiger partial charge in [-0.05, 0) is 23.8 Å². The molecule has 2 rings (SSSR count). The summed E-state index contributed by atoms with van der Waals surface area (Å²) in [5.41, 5.74) is 1.71. The monoisotopic (exact) mass is 278 g/mol. The number of fused-ring (bicyclic) bond motifs is 1. The first-order valence-corrected chi connectivity index (χ1v) is 5.63. The van der Waals surface area contributed by atoms with Crippen LogP contribution < -0.4 is 0 Å². The maximum absolute atomic E-state index is 11.0. The molecule has 0 aliphatic carbocycles. The Balaban J connectivity index is 2.79. The third-order valence-corrected chi connectivity index (χ3v) is 2.97. The van der Waals surface area contributed by atoms with Crippen LogP contribution in [-0.4, -0.2) is 15.8 Å². The quantitative estimate of drug-likeness (QED) is 0.816. The van der Waals surface area contributed by atoms with Crippen molar-refractivity contribution < 1.29 is 9.90 Å². The van der Waals surface area contributed by atoms with Crippen molar-refractivity contribution in [2.75, 3.05) is 0 Å². The van der Waals surface area contributed by atoms with Crippen molar-refractivity contribution >= 4 is 32.9 Å². The highest BCUT2D eigenvalue weighted by Crippen LogP contribution is 2.21. The van der Waals surface area contributed by atoms with Gasteiger partial charge < -0.3 is 5.11 Å². The van der Waals surface area contributed by atoms with Gasteiger partial charge in [0, 0.05) is 10.7 Å². The van der Waals surface area contributed by atoms with Crippen LogP contribution in [0.1, 0.15) is 11.3 Å². The number of alkyl halides is 1. The molecule has 0 radical (unpaired) electrons. The summed E-state index contributed by atoms with van der Waals surface area (Å²) in [5.74, 6) is 0. The van der Waals surface area contributed by atoms with Gasteiger partial charge >= 0.3 is 6.09 Å². The number of carbonyl (C=O) groups is 1. The van der Waals surface area contributed by atoms with Gasteiger partial charge in [0.1, 0.15) is 11.8 Å². The van der Waals surface area contributed by atoms with E-state index >= 15 is 0 Å². The minimum atomic E-state index is -1.14. The van der Waals surface area contributed by atoms with E-state index in [-0.39, 0.29) is 5.69 Å². The summed E-state index contributed by atoms with van der Waals surface area (Å²) in [5, 5.41) is 19.3. The first-order chi connectivity index (χ1) is 7.67. The second kappa shape index (κ2) is 3.99. The van der Waals surface area contributed by atoms with Crippen LogP contribution in [0, 0.1) is 11.3 Å². The zero-order valence-electron chi connectivity index (χ0n) is 8.14. The molecule has 1 N–H and O–H groups in total. The van der Waals surface area contributed by atoms with Crippen LogP contribution in [0.2, 0.25) is 0 Å². The Morgan fingerprint density at radius 2 is 2.25 bits per heavy atom. The van der Waals surface area contributed by atoms with Gasteiger partial charge in [0.2, 0.25) is 0 Å². The van der Waals surface area contributed by atoms with Gasteiger partial charge in [-0.15, -0.1) is 0 Å². The van der Waals surface area contributed by atoms with Crippen LogP contribution in [0.5, 0.6) is 0 Å². The largest absolute Gasteiger partial charge is 0.464 e. The van der Waals surface area contributed by atoms with Crippen molar-refractivity contribution in [1.82, 2.24) is 4.57 Å². The first-order valence-electron chi connectivity index (χ1n) is 4.51. The van der Waals surface area contributed by atoms with E-state index in [4.69, 9.17) is 10.4 Å². The maximum Gasteiger partial charge on any atom is 0.417 e. The SMILES string of the molecule is N#Cc1cc2cc(CBr)ccc2n1C(=O)O. The molecule has 0 fully saturated rings. The number of nitrogens with zero attached hydrogens (tertiary/aromatic N) is 2. The van der Waals surface area contributed by atoms with Crippen LogP contribution in [0.4, 0.5) is 4.79 Å². The van der Waals surface area contributed by atoms with Gasteiger partial charge in [-0.2, -0.15) is 5.26 Å². The number of nitriles is 1. The maximum atomic E-state index is 11.0. The van der Waals surface area contributed by atoms with Crippen LogP contribution in [-0.2, 0) is 5.33 Å². The number of hydrogen-bond acceptors (Lipinski definition) is 2. The second-order valence-corrected chi connectivity index (χ2v) is 3.85. The smallest absolute Gasteiger partial charge is 0.417 e. The molecule has 0 spiro atoms. The molecule has 0 bridgehead atoms. The molecule has 80 valence electrons. The minimum absolute atomic E-state index is 0.134. The van der Waals surface area contributed by atoms with Gasteiger partial charge in [0.25, 0.3) is 0 Å². The molecule has 0 aliphatic heterocycles. The Kier molecular flexibility index (Phi) is 2.67. The standard InChI is InChI=1S/C11H7BrN2O2/c12-5-7-1-2-10-8(3-7)4-9(6-13)14(10)11(15)16/h1-4H,5H2,(H,15,16). The summed E-state index contributed by atoms with van der Waals surface area (Å²) < 4.78 is 0.993. The highest BCUT2D eigenvalue weighted by atomic mass is 79.9. The van der Waals surface area contributed by atoms with Gasteiger partial charge in [-0.3, -0.25) is 0 Å². The third-order valence-electron chi connectivity index (χ3n) is 2.33. The molecule has 0 saturated heterocycles.